The Morgan fingerprint density at radius 3 is 2.81 bits per heavy atom. The Labute approximate surface area is 153 Å². The molecule has 26 heavy (non-hydrogen) atoms. The van der Waals surface area contributed by atoms with Gasteiger partial charge in [-0.25, -0.2) is 0 Å². The minimum atomic E-state index is -0.509. The van der Waals surface area contributed by atoms with E-state index in [0.717, 1.165) is 35.3 Å². The first-order valence-electron chi connectivity index (χ1n) is 8.19. The number of amides is 2. The van der Waals surface area contributed by atoms with Crippen molar-refractivity contribution in [3.8, 4) is 11.4 Å². The summed E-state index contributed by atoms with van der Waals surface area (Å²) in [5.74, 6) is -0.388. The lowest BCUT2D eigenvalue weighted by molar-refractivity contribution is -0.117. The number of tetrazole rings is 1. The van der Waals surface area contributed by atoms with E-state index in [1.807, 2.05) is 30.3 Å². The van der Waals surface area contributed by atoms with Gasteiger partial charge in [-0.1, -0.05) is 30.3 Å². The van der Waals surface area contributed by atoms with Crippen molar-refractivity contribution in [2.75, 3.05) is 5.32 Å². The summed E-state index contributed by atoms with van der Waals surface area (Å²) in [4.78, 5) is 26.5. The van der Waals surface area contributed by atoms with E-state index in [4.69, 9.17) is 5.73 Å². The quantitative estimate of drug-likeness (QED) is 0.710. The molecule has 2 amide bonds. The molecule has 132 valence electrons. The first-order valence-corrected chi connectivity index (χ1v) is 9.01. The normalized spacial score (nSPS) is 12.8. The van der Waals surface area contributed by atoms with Crippen LogP contribution in [0.4, 0.5) is 5.00 Å². The number of aryl methyl sites for hydroxylation is 1. The van der Waals surface area contributed by atoms with Gasteiger partial charge in [0.15, 0.2) is 0 Å². The minimum absolute atomic E-state index is 0.0966. The predicted octanol–water partition coefficient (Wildman–Crippen LogP) is 1.63. The third-order valence-electron chi connectivity index (χ3n) is 4.19. The molecule has 0 saturated carbocycles. The summed E-state index contributed by atoms with van der Waals surface area (Å²) in [7, 11) is 0. The number of carbonyl (C=O) groups excluding carboxylic acids is 2. The lowest BCUT2D eigenvalue weighted by Gasteiger charge is -2.05. The fourth-order valence-corrected chi connectivity index (χ4v) is 4.37. The lowest BCUT2D eigenvalue weighted by Crippen LogP contribution is -2.22. The Bertz CT molecular complexity index is 979. The molecular weight excluding hydrogens is 352 g/mol. The number of fused-ring (bicyclic) bond motifs is 1. The van der Waals surface area contributed by atoms with E-state index in [1.54, 1.807) is 0 Å². The number of benzene rings is 1. The van der Waals surface area contributed by atoms with Crippen molar-refractivity contribution in [2.24, 2.45) is 5.73 Å². The van der Waals surface area contributed by atoms with Gasteiger partial charge in [-0.3, -0.25) is 9.59 Å². The second-order valence-electron chi connectivity index (χ2n) is 5.98. The van der Waals surface area contributed by atoms with Gasteiger partial charge in [-0.15, -0.1) is 21.5 Å². The molecule has 0 unspecified atom stereocenters. The van der Waals surface area contributed by atoms with Gasteiger partial charge in [0, 0.05) is 10.4 Å². The van der Waals surface area contributed by atoms with Crippen LogP contribution in [0.15, 0.2) is 30.3 Å². The average Bonchev–Trinajstić information content (AvgIpc) is 3.31. The van der Waals surface area contributed by atoms with Crippen molar-refractivity contribution in [2.45, 2.75) is 25.8 Å². The molecule has 8 nitrogen and oxygen atoms in total. The molecule has 0 spiro atoms. The molecule has 0 atom stereocenters. The molecule has 0 radical (unpaired) electrons. The highest BCUT2D eigenvalue weighted by Gasteiger charge is 2.26. The zero-order valence-corrected chi connectivity index (χ0v) is 14.6. The Kier molecular flexibility index (Phi) is 4.21. The highest BCUT2D eigenvalue weighted by molar-refractivity contribution is 7.17. The van der Waals surface area contributed by atoms with Crippen LogP contribution in [0.3, 0.4) is 0 Å². The fraction of sp³-hybridized carbons (Fsp3) is 0.235. The summed E-state index contributed by atoms with van der Waals surface area (Å²) >= 11 is 1.42. The van der Waals surface area contributed by atoms with E-state index in [2.05, 4.69) is 20.7 Å². The number of nitrogens with one attached hydrogen (secondary N) is 1. The van der Waals surface area contributed by atoms with Gasteiger partial charge in [-0.05, 0) is 30.0 Å². The molecule has 1 aromatic carbocycles. The van der Waals surface area contributed by atoms with Gasteiger partial charge in [0.05, 0.1) is 5.56 Å². The van der Waals surface area contributed by atoms with Crippen molar-refractivity contribution in [3.05, 3.63) is 46.3 Å². The SMILES string of the molecule is NC(=O)c1c(NC(=O)Cn2nnc(-c3ccccc3)n2)sc2c1CCC2. The van der Waals surface area contributed by atoms with Crippen molar-refractivity contribution in [1.29, 1.82) is 0 Å². The van der Waals surface area contributed by atoms with Crippen molar-refractivity contribution >= 4 is 28.2 Å². The van der Waals surface area contributed by atoms with Crippen LogP contribution >= 0.6 is 11.3 Å². The molecule has 9 heteroatoms. The Morgan fingerprint density at radius 2 is 2.04 bits per heavy atom. The van der Waals surface area contributed by atoms with Crippen molar-refractivity contribution < 1.29 is 9.59 Å². The summed E-state index contributed by atoms with van der Waals surface area (Å²) in [5, 5.41) is 15.4. The van der Waals surface area contributed by atoms with Gasteiger partial charge in [0.1, 0.15) is 11.5 Å². The van der Waals surface area contributed by atoms with Crippen LogP contribution in [0.2, 0.25) is 0 Å². The van der Waals surface area contributed by atoms with Gasteiger partial charge >= 0.3 is 0 Å². The topological polar surface area (TPSA) is 116 Å². The lowest BCUT2D eigenvalue weighted by atomic mass is 10.1. The molecule has 2 aromatic heterocycles. The number of rotatable bonds is 5. The number of hydrogen-bond acceptors (Lipinski definition) is 6. The minimum Gasteiger partial charge on any atom is -0.365 e. The van der Waals surface area contributed by atoms with Crippen LogP contribution in [-0.2, 0) is 24.2 Å². The molecule has 3 aromatic rings. The third kappa shape index (κ3) is 3.08. The number of aromatic nitrogens is 4. The van der Waals surface area contributed by atoms with Gasteiger partial charge in [-0.2, -0.15) is 4.80 Å². The van der Waals surface area contributed by atoms with Crippen LogP contribution in [0.5, 0.6) is 0 Å². The Hall–Kier alpha value is -3.07. The molecule has 0 bridgehead atoms. The zero-order valence-electron chi connectivity index (χ0n) is 13.8. The van der Waals surface area contributed by atoms with Crippen LogP contribution in [0.1, 0.15) is 27.2 Å². The van der Waals surface area contributed by atoms with Crippen LogP contribution in [0, 0.1) is 0 Å². The number of primary amides is 1. The number of nitrogens with two attached hydrogens (primary N) is 1. The molecule has 3 N–H and O–H groups in total. The highest BCUT2D eigenvalue weighted by atomic mass is 32.1. The predicted molar refractivity (Wildman–Crippen MR) is 96.7 cm³/mol. The first-order chi connectivity index (χ1) is 12.6. The van der Waals surface area contributed by atoms with Gasteiger partial charge in [0.2, 0.25) is 11.7 Å². The van der Waals surface area contributed by atoms with E-state index >= 15 is 0 Å². The molecule has 1 aliphatic carbocycles. The molecule has 4 rings (SSSR count). The summed E-state index contributed by atoms with van der Waals surface area (Å²) in [6, 6.07) is 9.39. The number of thiophene rings is 1. The summed E-state index contributed by atoms with van der Waals surface area (Å²) < 4.78 is 0. The molecule has 0 saturated heterocycles. The highest BCUT2D eigenvalue weighted by Crippen LogP contribution is 2.38. The van der Waals surface area contributed by atoms with E-state index in [9.17, 15) is 9.59 Å². The standard InChI is InChI=1S/C17H16N6O2S/c18-15(25)14-11-7-4-8-12(11)26-17(14)19-13(24)9-23-21-16(20-22-23)10-5-2-1-3-6-10/h1-3,5-6H,4,7-9H2,(H2,18,25)(H,19,24). The van der Waals surface area contributed by atoms with Crippen LogP contribution in [-0.4, -0.2) is 32.0 Å². The smallest absolute Gasteiger partial charge is 0.251 e. The van der Waals surface area contributed by atoms with Crippen molar-refractivity contribution in [3.63, 3.8) is 0 Å². The molecular formula is C17H16N6O2S. The number of anilines is 1. The van der Waals surface area contributed by atoms with Crippen LogP contribution < -0.4 is 11.1 Å². The number of hydrogen-bond donors (Lipinski definition) is 2. The maximum atomic E-state index is 12.3. The van der Waals surface area contributed by atoms with Crippen molar-refractivity contribution in [1.82, 2.24) is 20.2 Å². The average molecular weight is 368 g/mol. The van der Waals surface area contributed by atoms with E-state index in [1.165, 1.54) is 16.1 Å². The first kappa shape index (κ1) is 16.4. The molecule has 0 aliphatic heterocycles. The fourth-order valence-electron chi connectivity index (χ4n) is 3.06. The van der Waals surface area contributed by atoms with E-state index < -0.39 is 5.91 Å². The van der Waals surface area contributed by atoms with Crippen LogP contribution in [0.25, 0.3) is 11.4 Å². The maximum absolute atomic E-state index is 12.3. The third-order valence-corrected chi connectivity index (χ3v) is 5.40. The zero-order chi connectivity index (χ0) is 18.1. The largest absolute Gasteiger partial charge is 0.365 e. The molecule has 1 aliphatic rings. The molecule has 2 heterocycles. The summed E-state index contributed by atoms with van der Waals surface area (Å²) in [5.41, 5.74) is 7.74. The molecule has 0 fully saturated rings. The van der Waals surface area contributed by atoms with Gasteiger partial charge < -0.3 is 11.1 Å². The van der Waals surface area contributed by atoms with E-state index in [0.29, 0.717) is 16.4 Å². The van der Waals surface area contributed by atoms with Gasteiger partial charge in [0.25, 0.3) is 5.91 Å². The second kappa shape index (κ2) is 6.68. The number of carbonyl (C=O) groups is 2. The maximum Gasteiger partial charge on any atom is 0.251 e. The summed E-state index contributed by atoms with van der Waals surface area (Å²) in [6.07, 6.45) is 2.76. The second-order valence-corrected chi connectivity index (χ2v) is 7.09. The number of nitrogens with zero attached hydrogens (tertiary/aromatic N) is 4. The monoisotopic (exact) mass is 368 g/mol. The van der Waals surface area contributed by atoms with E-state index in [-0.39, 0.29) is 12.5 Å². The summed E-state index contributed by atoms with van der Waals surface area (Å²) in [6.45, 7) is -0.0966. The Morgan fingerprint density at radius 1 is 1.23 bits per heavy atom. The Balaban J connectivity index is 1.49.